The lowest BCUT2D eigenvalue weighted by atomic mass is 9.97. The zero-order valence-electron chi connectivity index (χ0n) is 10.5. The van der Waals surface area contributed by atoms with E-state index in [9.17, 15) is 4.39 Å². The fraction of sp³-hybridized carbons (Fsp3) is 0.571. The average Bonchev–Trinajstić information content (AvgIpc) is 2.90. The van der Waals surface area contributed by atoms with Crippen LogP contribution in [0.1, 0.15) is 25.3 Å². The Morgan fingerprint density at radius 1 is 1.50 bits per heavy atom. The molecule has 0 amide bonds. The molecule has 0 saturated carbocycles. The quantitative estimate of drug-likeness (QED) is 0.586. The summed E-state index contributed by atoms with van der Waals surface area (Å²) in [5, 5.41) is 0. The molecule has 1 aliphatic rings. The molecule has 4 heteroatoms. The van der Waals surface area contributed by atoms with Crippen LogP contribution in [0.2, 0.25) is 0 Å². The molecule has 1 aromatic rings. The molecule has 0 aromatic heterocycles. The van der Waals surface area contributed by atoms with E-state index >= 15 is 0 Å². The van der Waals surface area contributed by atoms with Crippen LogP contribution in [0.3, 0.4) is 0 Å². The summed E-state index contributed by atoms with van der Waals surface area (Å²) in [7, 11) is 0. The Morgan fingerprint density at radius 2 is 2.28 bits per heavy atom. The standard InChI is InChI=1S/C14H18FIO2/c1-14(10-16,12-6-2-3-7-13(12)15)18-9-11-5-4-8-17-11/h2-3,6-7,11H,4-5,8-10H2,1H3. The minimum absolute atomic E-state index is 0.166. The van der Waals surface area contributed by atoms with Crippen molar-refractivity contribution in [3.05, 3.63) is 35.6 Å². The van der Waals surface area contributed by atoms with Crippen molar-refractivity contribution >= 4 is 22.6 Å². The average molecular weight is 364 g/mol. The molecule has 18 heavy (non-hydrogen) atoms. The van der Waals surface area contributed by atoms with Crippen LogP contribution in [0.5, 0.6) is 0 Å². The fourth-order valence-corrected chi connectivity index (χ4v) is 2.76. The van der Waals surface area contributed by atoms with Crippen LogP contribution < -0.4 is 0 Å². The molecular formula is C14H18FIO2. The third-order valence-electron chi connectivity index (χ3n) is 3.31. The predicted molar refractivity (Wildman–Crippen MR) is 77.6 cm³/mol. The second kappa shape index (κ2) is 6.30. The Hall–Kier alpha value is -0.200. The van der Waals surface area contributed by atoms with Crippen LogP contribution >= 0.6 is 22.6 Å². The molecule has 2 unspecified atom stereocenters. The van der Waals surface area contributed by atoms with Gasteiger partial charge < -0.3 is 9.47 Å². The Kier molecular flexibility index (Phi) is 4.98. The number of ether oxygens (including phenoxy) is 2. The lowest BCUT2D eigenvalue weighted by Crippen LogP contribution is -2.32. The van der Waals surface area contributed by atoms with E-state index in [0.29, 0.717) is 16.6 Å². The van der Waals surface area contributed by atoms with Crippen molar-refractivity contribution in [3.8, 4) is 0 Å². The summed E-state index contributed by atoms with van der Waals surface area (Å²) in [6, 6.07) is 6.82. The molecule has 1 fully saturated rings. The smallest absolute Gasteiger partial charge is 0.129 e. The van der Waals surface area contributed by atoms with Crippen molar-refractivity contribution < 1.29 is 13.9 Å². The molecule has 0 radical (unpaired) electrons. The maximum atomic E-state index is 13.9. The van der Waals surface area contributed by atoms with Crippen molar-refractivity contribution in [1.29, 1.82) is 0 Å². The summed E-state index contributed by atoms with van der Waals surface area (Å²) >= 11 is 2.24. The maximum absolute atomic E-state index is 13.9. The maximum Gasteiger partial charge on any atom is 0.129 e. The summed E-state index contributed by atoms with van der Waals surface area (Å²) in [5.41, 5.74) is 0.0371. The third kappa shape index (κ3) is 3.22. The summed E-state index contributed by atoms with van der Waals surface area (Å²) < 4.78 is 26.1. The Morgan fingerprint density at radius 3 is 2.89 bits per heavy atom. The topological polar surface area (TPSA) is 18.5 Å². The normalized spacial score (nSPS) is 22.9. The van der Waals surface area contributed by atoms with Crippen LogP contribution in [0.4, 0.5) is 4.39 Å². The Balaban J connectivity index is 2.07. The fourth-order valence-electron chi connectivity index (χ4n) is 2.13. The van der Waals surface area contributed by atoms with Crippen molar-refractivity contribution in [2.24, 2.45) is 0 Å². The van der Waals surface area contributed by atoms with E-state index in [0.717, 1.165) is 19.4 Å². The number of hydrogen-bond acceptors (Lipinski definition) is 2. The molecule has 0 aliphatic carbocycles. The van der Waals surface area contributed by atoms with Crippen LogP contribution in [-0.2, 0) is 15.1 Å². The van der Waals surface area contributed by atoms with Gasteiger partial charge in [0, 0.05) is 16.6 Å². The second-order valence-corrected chi connectivity index (χ2v) is 5.55. The highest BCUT2D eigenvalue weighted by Gasteiger charge is 2.31. The summed E-state index contributed by atoms with van der Waals surface area (Å²) in [6.45, 7) is 3.29. The van der Waals surface area contributed by atoms with Crippen LogP contribution in [-0.4, -0.2) is 23.7 Å². The van der Waals surface area contributed by atoms with Gasteiger partial charge >= 0.3 is 0 Å². The van der Waals surface area contributed by atoms with Crippen LogP contribution in [0.25, 0.3) is 0 Å². The number of alkyl halides is 1. The molecule has 0 bridgehead atoms. The number of benzene rings is 1. The lowest BCUT2D eigenvalue weighted by molar-refractivity contribution is -0.0657. The van der Waals surface area contributed by atoms with Gasteiger partial charge in [0.05, 0.1) is 12.7 Å². The minimum atomic E-state index is -0.585. The monoisotopic (exact) mass is 364 g/mol. The Labute approximate surface area is 121 Å². The zero-order chi connectivity index (χ0) is 13.0. The SMILES string of the molecule is CC(CI)(OCC1CCCO1)c1ccccc1F. The molecule has 2 rings (SSSR count). The molecular weight excluding hydrogens is 346 g/mol. The molecule has 1 saturated heterocycles. The second-order valence-electron chi connectivity index (χ2n) is 4.79. The van der Waals surface area contributed by atoms with E-state index in [4.69, 9.17) is 9.47 Å². The van der Waals surface area contributed by atoms with Crippen LogP contribution in [0, 0.1) is 5.82 Å². The molecule has 100 valence electrons. The van der Waals surface area contributed by atoms with E-state index in [1.54, 1.807) is 12.1 Å². The van der Waals surface area contributed by atoms with E-state index in [-0.39, 0.29) is 11.9 Å². The minimum Gasteiger partial charge on any atom is -0.376 e. The van der Waals surface area contributed by atoms with Gasteiger partial charge in [-0.15, -0.1) is 0 Å². The van der Waals surface area contributed by atoms with E-state index in [1.165, 1.54) is 6.07 Å². The molecule has 0 N–H and O–H groups in total. The van der Waals surface area contributed by atoms with Gasteiger partial charge in [-0.1, -0.05) is 40.8 Å². The highest BCUT2D eigenvalue weighted by molar-refractivity contribution is 14.1. The number of halogens is 2. The first kappa shape index (κ1) is 14.2. The van der Waals surface area contributed by atoms with Gasteiger partial charge in [-0.3, -0.25) is 0 Å². The molecule has 0 spiro atoms. The van der Waals surface area contributed by atoms with E-state index in [2.05, 4.69) is 22.6 Å². The summed E-state index contributed by atoms with van der Waals surface area (Å²) in [5.74, 6) is -0.205. The summed E-state index contributed by atoms with van der Waals surface area (Å²) in [6.07, 6.45) is 2.29. The first-order valence-corrected chi connectivity index (χ1v) is 7.75. The van der Waals surface area contributed by atoms with Crippen LogP contribution in [0.15, 0.2) is 24.3 Å². The predicted octanol–water partition coefficient (Wildman–Crippen LogP) is 3.67. The number of rotatable bonds is 5. The van der Waals surface area contributed by atoms with Crippen molar-refractivity contribution in [2.45, 2.75) is 31.5 Å². The van der Waals surface area contributed by atoms with Gasteiger partial charge in [-0.2, -0.15) is 0 Å². The highest BCUT2D eigenvalue weighted by Crippen LogP contribution is 2.30. The zero-order valence-corrected chi connectivity index (χ0v) is 12.7. The van der Waals surface area contributed by atoms with Gasteiger partial charge in [0.1, 0.15) is 11.4 Å². The van der Waals surface area contributed by atoms with Gasteiger partial charge in [0.15, 0.2) is 0 Å². The first-order chi connectivity index (χ1) is 8.65. The third-order valence-corrected chi connectivity index (χ3v) is 4.77. The molecule has 2 nitrogen and oxygen atoms in total. The van der Waals surface area contributed by atoms with Crippen molar-refractivity contribution in [2.75, 3.05) is 17.6 Å². The highest BCUT2D eigenvalue weighted by atomic mass is 127. The summed E-state index contributed by atoms with van der Waals surface area (Å²) in [4.78, 5) is 0. The lowest BCUT2D eigenvalue weighted by Gasteiger charge is -2.30. The molecule has 1 aliphatic heterocycles. The number of hydrogen-bond donors (Lipinski definition) is 0. The van der Waals surface area contributed by atoms with Gasteiger partial charge in [0.2, 0.25) is 0 Å². The van der Waals surface area contributed by atoms with Gasteiger partial charge in [-0.25, -0.2) is 4.39 Å². The largest absolute Gasteiger partial charge is 0.376 e. The van der Waals surface area contributed by atoms with Gasteiger partial charge in [-0.05, 0) is 25.8 Å². The molecule has 1 heterocycles. The van der Waals surface area contributed by atoms with Crippen molar-refractivity contribution in [1.82, 2.24) is 0 Å². The van der Waals surface area contributed by atoms with Crippen molar-refractivity contribution in [3.63, 3.8) is 0 Å². The molecule has 1 aromatic carbocycles. The van der Waals surface area contributed by atoms with E-state index in [1.807, 2.05) is 13.0 Å². The van der Waals surface area contributed by atoms with Gasteiger partial charge in [0.25, 0.3) is 0 Å². The first-order valence-electron chi connectivity index (χ1n) is 6.22. The Bertz CT molecular complexity index is 393. The van der Waals surface area contributed by atoms with E-state index < -0.39 is 5.60 Å². The molecule has 2 atom stereocenters.